The van der Waals surface area contributed by atoms with E-state index in [4.69, 9.17) is 14.2 Å². The van der Waals surface area contributed by atoms with Crippen molar-refractivity contribution in [3.63, 3.8) is 0 Å². The van der Waals surface area contributed by atoms with Gasteiger partial charge in [0.1, 0.15) is 13.2 Å². The van der Waals surface area contributed by atoms with Gasteiger partial charge in [0.25, 0.3) is 0 Å². The largest absolute Gasteiger partial charge is 0.462 e. The van der Waals surface area contributed by atoms with Gasteiger partial charge in [-0.25, -0.2) is 0 Å². The van der Waals surface area contributed by atoms with Crippen molar-refractivity contribution in [3.05, 3.63) is 60.8 Å². The molecule has 0 heterocycles. The molecular formula is C47H80O6. The van der Waals surface area contributed by atoms with Crippen LogP contribution in [-0.2, 0) is 28.6 Å². The van der Waals surface area contributed by atoms with E-state index >= 15 is 0 Å². The van der Waals surface area contributed by atoms with Crippen LogP contribution in [-0.4, -0.2) is 37.2 Å². The van der Waals surface area contributed by atoms with Gasteiger partial charge < -0.3 is 14.2 Å². The Balaban J connectivity index is 4.43. The first-order valence-corrected chi connectivity index (χ1v) is 21.8. The van der Waals surface area contributed by atoms with Crippen LogP contribution in [0.25, 0.3) is 0 Å². The third-order valence-corrected chi connectivity index (χ3v) is 9.08. The first-order chi connectivity index (χ1) is 26.0. The number of hydrogen-bond donors (Lipinski definition) is 0. The quantitative estimate of drug-likeness (QED) is 0.0206. The van der Waals surface area contributed by atoms with E-state index in [0.717, 1.165) is 116 Å². The van der Waals surface area contributed by atoms with Crippen LogP contribution in [0.4, 0.5) is 0 Å². The highest BCUT2D eigenvalue weighted by atomic mass is 16.6. The molecule has 0 radical (unpaired) electrons. The molecule has 6 heteroatoms. The van der Waals surface area contributed by atoms with E-state index in [2.05, 4.69) is 81.5 Å². The third kappa shape index (κ3) is 40.1. The molecule has 0 aliphatic heterocycles. The fourth-order valence-corrected chi connectivity index (χ4v) is 5.83. The van der Waals surface area contributed by atoms with Crippen LogP contribution < -0.4 is 0 Å². The molecule has 1 unspecified atom stereocenters. The summed E-state index contributed by atoms with van der Waals surface area (Å²) in [7, 11) is 0. The van der Waals surface area contributed by atoms with Crippen molar-refractivity contribution >= 4 is 17.9 Å². The van der Waals surface area contributed by atoms with E-state index in [1.165, 1.54) is 44.9 Å². The van der Waals surface area contributed by atoms with Crippen LogP contribution in [0.15, 0.2) is 60.8 Å². The minimum atomic E-state index is -0.785. The molecule has 0 aromatic carbocycles. The van der Waals surface area contributed by atoms with Crippen molar-refractivity contribution in [2.45, 2.75) is 207 Å². The molecule has 0 amide bonds. The fraction of sp³-hybridized carbons (Fsp3) is 0.723. The molecule has 53 heavy (non-hydrogen) atoms. The summed E-state index contributed by atoms with van der Waals surface area (Å²) in [5, 5.41) is 0. The summed E-state index contributed by atoms with van der Waals surface area (Å²) in [6.45, 7) is 6.33. The Hall–Kier alpha value is -2.89. The number of unbranched alkanes of at least 4 members (excludes halogenated alkanes) is 19. The lowest BCUT2D eigenvalue weighted by atomic mass is 10.1. The summed E-state index contributed by atoms with van der Waals surface area (Å²) in [4.78, 5) is 37.6. The molecule has 0 fully saturated rings. The standard InChI is InChI=1S/C47H80O6/c1-4-7-10-13-16-19-22-24-26-28-31-34-37-40-46(49)52-43-44(42-51-45(48)39-36-33-30-27-21-18-15-12-9-6-3)53-47(50)41-38-35-32-29-25-23-20-17-14-11-8-5-2/h7-8,10-11,13,16-17,19-20,22,44H,4-6,9,12,14-15,18,21,23-43H2,1-3H3/b10-7-,11-8-,16-13-,20-17-,22-19-. The van der Waals surface area contributed by atoms with Crippen LogP contribution in [0.3, 0.4) is 0 Å². The van der Waals surface area contributed by atoms with E-state index in [9.17, 15) is 14.4 Å². The molecule has 0 bridgehead atoms. The van der Waals surface area contributed by atoms with Crippen molar-refractivity contribution in [1.82, 2.24) is 0 Å². The van der Waals surface area contributed by atoms with Crippen molar-refractivity contribution < 1.29 is 28.6 Å². The molecule has 304 valence electrons. The molecule has 0 aromatic rings. The second-order valence-electron chi connectivity index (χ2n) is 14.3. The second kappa shape index (κ2) is 41.9. The monoisotopic (exact) mass is 741 g/mol. The van der Waals surface area contributed by atoms with E-state index < -0.39 is 6.10 Å². The molecule has 0 aliphatic carbocycles. The van der Waals surface area contributed by atoms with Gasteiger partial charge in [-0.2, -0.15) is 0 Å². The first kappa shape index (κ1) is 50.1. The molecule has 0 aromatic heterocycles. The molecule has 0 N–H and O–H groups in total. The fourth-order valence-electron chi connectivity index (χ4n) is 5.83. The van der Waals surface area contributed by atoms with Crippen LogP contribution in [0.1, 0.15) is 201 Å². The van der Waals surface area contributed by atoms with Crippen molar-refractivity contribution in [2.24, 2.45) is 0 Å². The highest BCUT2D eigenvalue weighted by Gasteiger charge is 2.19. The predicted molar refractivity (Wildman–Crippen MR) is 224 cm³/mol. The van der Waals surface area contributed by atoms with Gasteiger partial charge in [0.05, 0.1) is 0 Å². The van der Waals surface area contributed by atoms with Crippen molar-refractivity contribution in [1.29, 1.82) is 0 Å². The van der Waals surface area contributed by atoms with Crippen LogP contribution in [0.5, 0.6) is 0 Å². The predicted octanol–water partition coefficient (Wildman–Crippen LogP) is 13.7. The van der Waals surface area contributed by atoms with Gasteiger partial charge in [-0.15, -0.1) is 0 Å². The summed E-state index contributed by atoms with van der Waals surface area (Å²) >= 11 is 0. The Kier molecular flexibility index (Phi) is 39.6. The van der Waals surface area contributed by atoms with Gasteiger partial charge in [-0.3, -0.25) is 14.4 Å². The van der Waals surface area contributed by atoms with Crippen LogP contribution in [0, 0.1) is 0 Å². The highest BCUT2D eigenvalue weighted by molar-refractivity contribution is 5.71. The van der Waals surface area contributed by atoms with Gasteiger partial charge in [-0.1, -0.05) is 178 Å². The van der Waals surface area contributed by atoms with Gasteiger partial charge >= 0.3 is 17.9 Å². The van der Waals surface area contributed by atoms with Crippen LogP contribution >= 0.6 is 0 Å². The Morgan fingerprint density at radius 1 is 0.415 bits per heavy atom. The summed E-state index contributed by atoms with van der Waals surface area (Å²) < 4.78 is 16.6. The summed E-state index contributed by atoms with van der Waals surface area (Å²) in [6.07, 6.45) is 49.2. The van der Waals surface area contributed by atoms with Gasteiger partial charge in [0, 0.05) is 19.3 Å². The lowest BCUT2D eigenvalue weighted by Crippen LogP contribution is -2.30. The maximum Gasteiger partial charge on any atom is 0.306 e. The number of ether oxygens (including phenoxy) is 3. The molecule has 0 saturated carbocycles. The van der Waals surface area contributed by atoms with E-state index in [1.54, 1.807) is 0 Å². The number of hydrogen-bond acceptors (Lipinski definition) is 6. The molecule has 0 saturated heterocycles. The molecule has 0 rings (SSSR count). The molecule has 0 spiro atoms. The summed E-state index contributed by atoms with van der Waals surface area (Å²) in [5.41, 5.74) is 0. The average Bonchev–Trinajstić information content (AvgIpc) is 3.15. The Bertz CT molecular complexity index is 991. The van der Waals surface area contributed by atoms with Crippen molar-refractivity contribution in [3.8, 4) is 0 Å². The third-order valence-electron chi connectivity index (χ3n) is 9.08. The number of carbonyl (C=O) groups is 3. The summed E-state index contributed by atoms with van der Waals surface area (Å²) in [5.74, 6) is -0.929. The number of rotatable bonds is 38. The Morgan fingerprint density at radius 2 is 0.830 bits per heavy atom. The zero-order valence-electron chi connectivity index (χ0n) is 34.5. The molecule has 0 aliphatic rings. The highest BCUT2D eigenvalue weighted by Crippen LogP contribution is 2.13. The van der Waals surface area contributed by atoms with Gasteiger partial charge in [0.15, 0.2) is 6.10 Å². The lowest BCUT2D eigenvalue weighted by molar-refractivity contribution is -0.167. The van der Waals surface area contributed by atoms with E-state index in [-0.39, 0.29) is 31.1 Å². The average molecular weight is 741 g/mol. The van der Waals surface area contributed by atoms with Crippen molar-refractivity contribution in [2.75, 3.05) is 13.2 Å². The smallest absolute Gasteiger partial charge is 0.306 e. The number of allylic oxidation sites excluding steroid dienone is 10. The number of esters is 3. The molecular weight excluding hydrogens is 661 g/mol. The normalized spacial score (nSPS) is 12.6. The minimum Gasteiger partial charge on any atom is -0.462 e. The van der Waals surface area contributed by atoms with Gasteiger partial charge in [0.2, 0.25) is 0 Å². The Labute approximate surface area is 326 Å². The SMILES string of the molecule is CC\C=C/C=C\C=C/CCCCCCCC(=O)OCC(COC(=O)CCCCCCCCCCCC)OC(=O)CCCCCCC/C=C\C/C=C\CC. The van der Waals surface area contributed by atoms with E-state index in [1.807, 2.05) is 0 Å². The zero-order valence-corrected chi connectivity index (χ0v) is 34.5. The minimum absolute atomic E-state index is 0.0863. The van der Waals surface area contributed by atoms with Crippen LogP contribution in [0.2, 0.25) is 0 Å². The summed E-state index contributed by atoms with van der Waals surface area (Å²) in [6, 6.07) is 0. The van der Waals surface area contributed by atoms with E-state index in [0.29, 0.717) is 19.3 Å². The zero-order chi connectivity index (χ0) is 38.7. The second-order valence-corrected chi connectivity index (χ2v) is 14.3. The van der Waals surface area contributed by atoms with Gasteiger partial charge in [-0.05, 0) is 64.2 Å². The first-order valence-electron chi connectivity index (χ1n) is 21.8. The Morgan fingerprint density at radius 3 is 1.34 bits per heavy atom. The lowest BCUT2D eigenvalue weighted by Gasteiger charge is -2.18. The maximum atomic E-state index is 12.7. The number of carbonyl (C=O) groups excluding carboxylic acids is 3. The molecule has 1 atom stereocenters. The maximum absolute atomic E-state index is 12.7. The molecule has 6 nitrogen and oxygen atoms in total. The topological polar surface area (TPSA) is 78.9 Å².